The van der Waals surface area contributed by atoms with Crippen LogP contribution in [0.5, 0.6) is 0 Å². The SMILES string of the molecule is CN(C)[C@@H]1CCC[C@H]1NC(=O)Cc1ccc(-n2cnnn2)cc1. The fourth-order valence-electron chi connectivity index (χ4n) is 3.22. The first kappa shape index (κ1) is 15.6. The molecule has 0 unspecified atom stereocenters. The molecule has 0 saturated heterocycles. The van der Waals surface area contributed by atoms with Gasteiger partial charge in [0.1, 0.15) is 6.33 Å². The van der Waals surface area contributed by atoms with Gasteiger partial charge in [-0.15, -0.1) is 5.10 Å². The minimum atomic E-state index is 0.0823. The average Bonchev–Trinajstić information content (AvgIpc) is 3.19. The summed E-state index contributed by atoms with van der Waals surface area (Å²) in [5, 5.41) is 14.2. The van der Waals surface area contributed by atoms with E-state index in [1.165, 1.54) is 6.42 Å². The molecular weight excluding hydrogens is 292 g/mol. The minimum absolute atomic E-state index is 0.0823. The highest BCUT2D eigenvalue weighted by molar-refractivity contribution is 5.79. The Labute approximate surface area is 135 Å². The second-order valence-electron chi connectivity index (χ2n) is 6.23. The van der Waals surface area contributed by atoms with Crippen LogP contribution in [0.15, 0.2) is 30.6 Å². The number of benzene rings is 1. The molecule has 7 heteroatoms. The Morgan fingerprint density at radius 1 is 1.30 bits per heavy atom. The van der Waals surface area contributed by atoms with E-state index in [9.17, 15) is 4.79 Å². The van der Waals surface area contributed by atoms with Crippen molar-refractivity contribution < 1.29 is 4.79 Å². The number of likely N-dealkylation sites (N-methyl/N-ethyl adjacent to an activating group) is 1. The van der Waals surface area contributed by atoms with E-state index in [4.69, 9.17) is 0 Å². The molecule has 23 heavy (non-hydrogen) atoms. The first-order chi connectivity index (χ1) is 11.1. The molecule has 1 aromatic carbocycles. The second-order valence-corrected chi connectivity index (χ2v) is 6.23. The summed E-state index contributed by atoms with van der Waals surface area (Å²) in [4.78, 5) is 14.5. The molecule has 1 aromatic heterocycles. The number of nitrogens with one attached hydrogen (secondary N) is 1. The summed E-state index contributed by atoms with van der Waals surface area (Å²) in [5.74, 6) is 0.0823. The number of amides is 1. The van der Waals surface area contributed by atoms with E-state index in [1.807, 2.05) is 24.3 Å². The Kier molecular flexibility index (Phi) is 4.66. The Balaban J connectivity index is 1.57. The Hall–Kier alpha value is -2.28. The summed E-state index contributed by atoms with van der Waals surface area (Å²) in [7, 11) is 4.15. The van der Waals surface area contributed by atoms with E-state index in [2.05, 4.69) is 39.8 Å². The summed E-state index contributed by atoms with van der Waals surface area (Å²) < 4.78 is 1.59. The summed E-state index contributed by atoms with van der Waals surface area (Å²) in [6.07, 6.45) is 5.33. The zero-order valence-corrected chi connectivity index (χ0v) is 13.5. The first-order valence-electron chi connectivity index (χ1n) is 7.91. The quantitative estimate of drug-likeness (QED) is 0.883. The molecule has 0 aliphatic heterocycles. The molecule has 1 heterocycles. The molecule has 0 spiro atoms. The highest BCUT2D eigenvalue weighted by atomic mass is 16.1. The zero-order valence-electron chi connectivity index (χ0n) is 13.5. The molecule has 1 amide bonds. The van der Waals surface area contributed by atoms with Crippen molar-refractivity contribution in [2.24, 2.45) is 0 Å². The summed E-state index contributed by atoms with van der Waals surface area (Å²) in [6.45, 7) is 0. The minimum Gasteiger partial charge on any atom is -0.352 e. The lowest BCUT2D eigenvalue weighted by Crippen LogP contribution is -2.46. The smallest absolute Gasteiger partial charge is 0.224 e. The van der Waals surface area contributed by atoms with E-state index in [-0.39, 0.29) is 11.9 Å². The van der Waals surface area contributed by atoms with Crippen molar-refractivity contribution in [2.45, 2.75) is 37.8 Å². The number of hydrogen-bond donors (Lipinski definition) is 1. The van der Waals surface area contributed by atoms with E-state index in [1.54, 1.807) is 11.0 Å². The number of nitrogens with zero attached hydrogens (tertiary/aromatic N) is 5. The van der Waals surface area contributed by atoms with Crippen LogP contribution in [0.25, 0.3) is 5.69 Å². The third-order valence-electron chi connectivity index (χ3n) is 4.40. The number of hydrogen-bond acceptors (Lipinski definition) is 5. The van der Waals surface area contributed by atoms with Crippen molar-refractivity contribution in [1.29, 1.82) is 0 Å². The molecule has 7 nitrogen and oxygen atoms in total. The molecule has 2 aromatic rings. The zero-order chi connectivity index (χ0) is 16.2. The van der Waals surface area contributed by atoms with E-state index in [0.717, 1.165) is 24.1 Å². The summed E-state index contributed by atoms with van der Waals surface area (Å²) >= 11 is 0. The fourth-order valence-corrected chi connectivity index (χ4v) is 3.22. The van der Waals surface area contributed by atoms with Crippen molar-refractivity contribution in [3.8, 4) is 5.69 Å². The van der Waals surface area contributed by atoms with Crippen LogP contribution in [-0.4, -0.2) is 57.2 Å². The standard InChI is InChI=1S/C16H22N6O/c1-21(2)15-5-3-4-14(15)18-16(23)10-12-6-8-13(9-7-12)22-11-17-19-20-22/h6-9,11,14-15H,3-5,10H2,1-2H3,(H,18,23)/t14-,15-/m1/s1. The fraction of sp³-hybridized carbons (Fsp3) is 0.500. The van der Waals surface area contributed by atoms with Gasteiger partial charge in [0, 0.05) is 12.1 Å². The van der Waals surface area contributed by atoms with Gasteiger partial charge in [0.25, 0.3) is 0 Å². The third kappa shape index (κ3) is 3.73. The Bertz CT molecular complexity index is 637. The van der Waals surface area contributed by atoms with Crippen molar-refractivity contribution in [3.63, 3.8) is 0 Å². The van der Waals surface area contributed by atoms with Crippen LogP contribution in [0, 0.1) is 0 Å². The maximum atomic E-state index is 12.3. The van der Waals surface area contributed by atoms with Gasteiger partial charge in [-0.25, -0.2) is 4.68 Å². The highest BCUT2D eigenvalue weighted by Gasteiger charge is 2.29. The number of aromatic nitrogens is 4. The Morgan fingerprint density at radius 3 is 2.74 bits per heavy atom. The lowest BCUT2D eigenvalue weighted by atomic mass is 10.1. The van der Waals surface area contributed by atoms with Crippen molar-refractivity contribution in [1.82, 2.24) is 30.4 Å². The molecule has 1 N–H and O–H groups in total. The molecule has 1 aliphatic rings. The van der Waals surface area contributed by atoms with Crippen LogP contribution in [0.2, 0.25) is 0 Å². The lowest BCUT2D eigenvalue weighted by molar-refractivity contribution is -0.121. The molecule has 1 fully saturated rings. The van der Waals surface area contributed by atoms with Crippen molar-refractivity contribution in [2.75, 3.05) is 14.1 Å². The summed E-state index contributed by atoms with van der Waals surface area (Å²) in [6, 6.07) is 8.41. The van der Waals surface area contributed by atoms with E-state index < -0.39 is 0 Å². The van der Waals surface area contributed by atoms with Gasteiger partial charge in [-0.3, -0.25) is 4.79 Å². The third-order valence-corrected chi connectivity index (χ3v) is 4.40. The molecule has 1 aliphatic carbocycles. The molecule has 0 bridgehead atoms. The van der Waals surface area contributed by atoms with E-state index in [0.29, 0.717) is 12.5 Å². The van der Waals surface area contributed by atoms with Crippen LogP contribution < -0.4 is 5.32 Å². The van der Waals surface area contributed by atoms with Crippen LogP contribution >= 0.6 is 0 Å². The predicted octanol–water partition coefficient (Wildman–Crippen LogP) is 0.804. The van der Waals surface area contributed by atoms with Gasteiger partial charge in [-0.05, 0) is 61.5 Å². The van der Waals surface area contributed by atoms with Crippen LogP contribution in [0.3, 0.4) is 0 Å². The van der Waals surface area contributed by atoms with Crippen molar-refractivity contribution >= 4 is 5.91 Å². The Morgan fingerprint density at radius 2 is 2.09 bits per heavy atom. The molecule has 0 radical (unpaired) electrons. The van der Waals surface area contributed by atoms with Crippen molar-refractivity contribution in [3.05, 3.63) is 36.2 Å². The normalized spacial score (nSPS) is 20.8. The van der Waals surface area contributed by atoms with Gasteiger partial charge < -0.3 is 10.2 Å². The van der Waals surface area contributed by atoms with E-state index >= 15 is 0 Å². The maximum absolute atomic E-state index is 12.3. The number of carbonyl (C=O) groups is 1. The average molecular weight is 314 g/mol. The molecule has 122 valence electrons. The molecule has 2 atom stereocenters. The number of carbonyl (C=O) groups excluding carboxylic acids is 1. The number of tetrazole rings is 1. The molecule has 1 saturated carbocycles. The van der Waals surface area contributed by atoms with Crippen LogP contribution in [0.4, 0.5) is 0 Å². The molecular formula is C16H22N6O. The summed E-state index contributed by atoms with van der Waals surface area (Å²) in [5.41, 5.74) is 1.86. The second kappa shape index (κ2) is 6.87. The number of rotatable bonds is 5. The first-order valence-corrected chi connectivity index (χ1v) is 7.91. The van der Waals surface area contributed by atoms with Gasteiger partial charge in [0.05, 0.1) is 12.1 Å². The van der Waals surface area contributed by atoms with Gasteiger partial charge in [-0.2, -0.15) is 0 Å². The van der Waals surface area contributed by atoms with Gasteiger partial charge in [0.2, 0.25) is 5.91 Å². The predicted molar refractivity (Wildman–Crippen MR) is 86.1 cm³/mol. The van der Waals surface area contributed by atoms with Crippen LogP contribution in [0.1, 0.15) is 24.8 Å². The lowest BCUT2D eigenvalue weighted by Gasteiger charge is -2.26. The topological polar surface area (TPSA) is 75.9 Å². The molecule has 3 rings (SSSR count). The largest absolute Gasteiger partial charge is 0.352 e. The highest BCUT2D eigenvalue weighted by Crippen LogP contribution is 2.22. The van der Waals surface area contributed by atoms with Gasteiger partial charge >= 0.3 is 0 Å². The monoisotopic (exact) mass is 314 g/mol. The van der Waals surface area contributed by atoms with Gasteiger partial charge in [0.15, 0.2) is 0 Å². The maximum Gasteiger partial charge on any atom is 0.224 e. The van der Waals surface area contributed by atoms with Crippen LogP contribution in [-0.2, 0) is 11.2 Å². The van der Waals surface area contributed by atoms with Gasteiger partial charge in [-0.1, -0.05) is 12.1 Å².